The molecule has 1 aliphatic heterocycles. The number of aliphatic hydroxyl groups excluding tert-OH is 1. The molecule has 0 radical (unpaired) electrons. The Morgan fingerprint density at radius 1 is 1.50 bits per heavy atom. The fourth-order valence-corrected chi connectivity index (χ4v) is 2.41. The standard InChI is InChI=1S/C14H21N3O3/c1-8(2)13-15-6-10(12(16-13)14(19)20)17-5-4-11(18)9(3)7-17/h6,8-9,11,18H,4-5,7H2,1-3H3,(H,19,20). The number of hydrogen-bond acceptors (Lipinski definition) is 5. The first-order valence-corrected chi connectivity index (χ1v) is 6.93. The van der Waals surface area contributed by atoms with E-state index in [-0.39, 0.29) is 23.6 Å². The number of anilines is 1. The van der Waals surface area contributed by atoms with Gasteiger partial charge in [-0.2, -0.15) is 0 Å². The number of aliphatic hydroxyl groups is 1. The van der Waals surface area contributed by atoms with Crippen LogP contribution in [0.2, 0.25) is 0 Å². The smallest absolute Gasteiger partial charge is 0.356 e. The molecule has 20 heavy (non-hydrogen) atoms. The molecule has 1 aromatic rings. The monoisotopic (exact) mass is 279 g/mol. The van der Waals surface area contributed by atoms with E-state index in [1.165, 1.54) is 0 Å². The van der Waals surface area contributed by atoms with Crippen molar-refractivity contribution in [2.24, 2.45) is 5.92 Å². The molecule has 0 aliphatic carbocycles. The van der Waals surface area contributed by atoms with Crippen LogP contribution < -0.4 is 4.90 Å². The Bertz CT molecular complexity index is 504. The SMILES string of the molecule is CC(C)c1ncc(N2CCC(O)C(C)C2)c(C(=O)O)n1. The van der Waals surface area contributed by atoms with Crippen LogP contribution in [0.1, 0.15) is 49.4 Å². The molecule has 2 N–H and O–H groups in total. The van der Waals surface area contributed by atoms with Gasteiger partial charge in [-0.1, -0.05) is 20.8 Å². The lowest BCUT2D eigenvalue weighted by Crippen LogP contribution is -2.42. The highest BCUT2D eigenvalue weighted by atomic mass is 16.4. The zero-order valence-electron chi connectivity index (χ0n) is 12.1. The van der Waals surface area contributed by atoms with Gasteiger partial charge in [0.15, 0.2) is 5.69 Å². The summed E-state index contributed by atoms with van der Waals surface area (Å²) < 4.78 is 0. The molecule has 0 spiro atoms. The second kappa shape index (κ2) is 5.75. The first kappa shape index (κ1) is 14.7. The second-order valence-electron chi connectivity index (χ2n) is 5.70. The van der Waals surface area contributed by atoms with E-state index in [0.29, 0.717) is 31.0 Å². The zero-order valence-corrected chi connectivity index (χ0v) is 12.1. The third kappa shape index (κ3) is 2.90. The molecule has 2 unspecified atom stereocenters. The number of nitrogens with zero attached hydrogens (tertiary/aromatic N) is 3. The zero-order chi connectivity index (χ0) is 14.9. The Kier molecular flexibility index (Phi) is 4.23. The highest BCUT2D eigenvalue weighted by molar-refractivity contribution is 5.92. The molecule has 2 atom stereocenters. The van der Waals surface area contributed by atoms with Crippen LogP contribution in [0.25, 0.3) is 0 Å². The molecule has 0 aromatic carbocycles. The molecule has 0 bridgehead atoms. The number of rotatable bonds is 3. The van der Waals surface area contributed by atoms with Gasteiger partial charge >= 0.3 is 5.97 Å². The number of carboxylic acids is 1. The second-order valence-corrected chi connectivity index (χ2v) is 5.70. The molecule has 110 valence electrons. The van der Waals surface area contributed by atoms with Crippen molar-refractivity contribution in [3.63, 3.8) is 0 Å². The van der Waals surface area contributed by atoms with Gasteiger partial charge in [0.05, 0.1) is 18.0 Å². The van der Waals surface area contributed by atoms with Crippen molar-refractivity contribution in [2.45, 2.75) is 39.2 Å². The van der Waals surface area contributed by atoms with E-state index < -0.39 is 5.97 Å². The molecule has 6 heteroatoms. The average Bonchev–Trinajstić information content (AvgIpc) is 2.41. The summed E-state index contributed by atoms with van der Waals surface area (Å²) >= 11 is 0. The fraction of sp³-hybridized carbons (Fsp3) is 0.643. The molecule has 0 amide bonds. The topological polar surface area (TPSA) is 86.5 Å². The van der Waals surface area contributed by atoms with Crippen LogP contribution in [-0.2, 0) is 0 Å². The summed E-state index contributed by atoms with van der Waals surface area (Å²) in [6.07, 6.45) is 1.90. The summed E-state index contributed by atoms with van der Waals surface area (Å²) in [5.74, 6) is -0.307. The maximum absolute atomic E-state index is 11.4. The van der Waals surface area contributed by atoms with Crippen molar-refractivity contribution >= 4 is 11.7 Å². The van der Waals surface area contributed by atoms with Gasteiger partial charge in [-0.05, 0) is 12.3 Å². The van der Waals surface area contributed by atoms with Gasteiger partial charge in [0.2, 0.25) is 0 Å². The Morgan fingerprint density at radius 2 is 2.20 bits per heavy atom. The minimum absolute atomic E-state index is 0.0484. The summed E-state index contributed by atoms with van der Waals surface area (Å²) in [5, 5.41) is 19.1. The van der Waals surface area contributed by atoms with Gasteiger partial charge in [-0.15, -0.1) is 0 Å². The lowest BCUT2D eigenvalue weighted by molar-refractivity contribution is 0.0689. The Morgan fingerprint density at radius 3 is 2.75 bits per heavy atom. The number of hydrogen-bond donors (Lipinski definition) is 2. The van der Waals surface area contributed by atoms with Crippen LogP contribution in [0.5, 0.6) is 0 Å². The summed E-state index contributed by atoms with van der Waals surface area (Å²) in [6.45, 7) is 7.06. The van der Waals surface area contributed by atoms with E-state index in [1.54, 1.807) is 6.20 Å². The van der Waals surface area contributed by atoms with E-state index in [1.807, 2.05) is 25.7 Å². The van der Waals surface area contributed by atoms with Crippen molar-refractivity contribution in [1.29, 1.82) is 0 Å². The Labute approximate surface area is 118 Å². The molecule has 0 saturated carbocycles. The maximum Gasteiger partial charge on any atom is 0.356 e. The molecular weight excluding hydrogens is 258 g/mol. The van der Waals surface area contributed by atoms with Gasteiger partial charge in [0, 0.05) is 19.0 Å². The summed E-state index contributed by atoms with van der Waals surface area (Å²) in [6, 6.07) is 0. The largest absolute Gasteiger partial charge is 0.476 e. The molecule has 6 nitrogen and oxygen atoms in total. The van der Waals surface area contributed by atoms with Crippen molar-refractivity contribution in [1.82, 2.24) is 9.97 Å². The normalized spacial score (nSPS) is 23.1. The quantitative estimate of drug-likeness (QED) is 0.872. The lowest BCUT2D eigenvalue weighted by atomic mass is 9.96. The molecule has 1 fully saturated rings. The maximum atomic E-state index is 11.4. The van der Waals surface area contributed by atoms with Crippen molar-refractivity contribution in [3.05, 3.63) is 17.7 Å². The molecule has 1 saturated heterocycles. The van der Waals surface area contributed by atoms with E-state index in [0.717, 1.165) is 0 Å². The molecule has 2 heterocycles. The van der Waals surface area contributed by atoms with Crippen molar-refractivity contribution < 1.29 is 15.0 Å². The number of aromatic nitrogens is 2. The number of aromatic carboxylic acids is 1. The van der Waals surface area contributed by atoms with Crippen molar-refractivity contribution in [2.75, 3.05) is 18.0 Å². The molecule has 2 rings (SSSR count). The van der Waals surface area contributed by atoms with E-state index in [9.17, 15) is 15.0 Å². The van der Waals surface area contributed by atoms with Crippen LogP contribution in [0.3, 0.4) is 0 Å². The fourth-order valence-electron chi connectivity index (χ4n) is 2.41. The first-order valence-electron chi connectivity index (χ1n) is 6.93. The van der Waals surface area contributed by atoms with Gasteiger partial charge < -0.3 is 15.1 Å². The van der Waals surface area contributed by atoms with E-state index in [4.69, 9.17) is 0 Å². The Balaban J connectivity index is 2.33. The lowest BCUT2D eigenvalue weighted by Gasteiger charge is -2.36. The van der Waals surface area contributed by atoms with Crippen molar-refractivity contribution in [3.8, 4) is 0 Å². The highest BCUT2D eigenvalue weighted by Gasteiger charge is 2.28. The van der Waals surface area contributed by atoms with Crippen LogP contribution >= 0.6 is 0 Å². The summed E-state index contributed by atoms with van der Waals surface area (Å²) in [5.41, 5.74) is 0.591. The number of carboxylic acid groups (broad SMARTS) is 1. The van der Waals surface area contributed by atoms with Crippen LogP contribution in [0.4, 0.5) is 5.69 Å². The van der Waals surface area contributed by atoms with Gasteiger partial charge in [0.25, 0.3) is 0 Å². The summed E-state index contributed by atoms with van der Waals surface area (Å²) in [7, 11) is 0. The van der Waals surface area contributed by atoms with E-state index in [2.05, 4.69) is 9.97 Å². The van der Waals surface area contributed by atoms with Crippen LogP contribution in [0, 0.1) is 5.92 Å². The average molecular weight is 279 g/mol. The third-order valence-corrected chi connectivity index (χ3v) is 3.71. The number of carbonyl (C=O) groups is 1. The first-order chi connectivity index (χ1) is 9.40. The predicted molar refractivity (Wildman–Crippen MR) is 75.1 cm³/mol. The number of piperidine rings is 1. The van der Waals surface area contributed by atoms with Gasteiger partial charge in [-0.25, -0.2) is 14.8 Å². The van der Waals surface area contributed by atoms with Crippen LogP contribution in [-0.4, -0.2) is 45.3 Å². The van der Waals surface area contributed by atoms with Gasteiger partial charge in [0.1, 0.15) is 5.82 Å². The molecule has 1 aliphatic rings. The van der Waals surface area contributed by atoms with Gasteiger partial charge in [-0.3, -0.25) is 0 Å². The van der Waals surface area contributed by atoms with E-state index >= 15 is 0 Å². The highest BCUT2D eigenvalue weighted by Crippen LogP contribution is 2.26. The Hall–Kier alpha value is -1.69. The minimum Gasteiger partial charge on any atom is -0.476 e. The predicted octanol–water partition coefficient (Wildman–Crippen LogP) is 1.51. The molecular formula is C14H21N3O3. The minimum atomic E-state index is -1.04. The summed E-state index contributed by atoms with van der Waals surface area (Å²) in [4.78, 5) is 21.8. The third-order valence-electron chi connectivity index (χ3n) is 3.71. The molecule has 1 aromatic heterocycles. The van der Waals surface area contributed by atoms with Crippen LogP contribution in [0.15, 0.2) is 6.20 Å².